The number of methoxy groups -OCH3 is 1. The largest absolute Gasteiger partial charge is 0.497 e. The number of benzene rings is 2. The first-order chi connectivity index (χ1) is 13.6. The Morgan fingerprint density at radius 2 is 1.93 bits per heavy atom. The zero-order valence-electron chi connectivity index (χ0n) is 17.0. The molecule has 0 saturated heterocycles. The van der Waals surface area contributed by atoms with Gasteiger partial charge in [0.1, 0.15) is 11.6 Å². The van der Waals surface area contributed by atoms with E-state index in [1.807, 2.05) is 25.1 Å². The van der Waals surface area contributed by atoms with Gasteiger partial charge in [0.25, 0.3) is 0 Å². The molecule has 0 fully saturated rings. The molecule has 5 nitrogen and oxygen atoms in total. The minimum absolute atomic E-state index is 0. The molecule has 0 aliphatic heterocycles. The molecule has 29 heavy (non-hydrogen) atoms. The highest BCUT2D eigenvalue weighted by atomic mass is 127. The van der Waals surface area contributed by atoms with Crippen LogP contribution in [0.3, 0.4) is 0 Å². The fraction of sp³-hybridized carbons (Fsp3) is 0.364. The summed E-state index contributed by atoms with van der Waals surface area (Å²) in [5, 5.41) is 15.4. The molecule has 2 aromatic rings. The lowest BCUT2D eigenvalue weighted by molar-refractivity contribution is 0.414. The summed E-state index contributed by atoms with van der Waals surface area (Å²) in [5.74, 6) is 1.51. The van der Waals surface area contributed by atoms with Crippen molar-refractivity contribution in [2.45, 2.75) is 32.7 Å². The molecule has 2 aromatic carbocycles. The highest BCUT2D eigenvalue weighted by Gasteiger charge is 2.07. The van der Waals surface area contributed by atoms with Crippen molar-refractivity contribution in [1.29, 1.82) is 5.26 Å². The normalized spacial score (nSPS) is 11.8. The van der Waals surface area contributed by atoms with E-state index in [1.165, 1.54) is 23.8 Å². The van der Waals surface area contributed by atoms with E-state index in [4.69, 9.17) is 10.00 Å². The molecule has 0 saturated carbocycles. The molecular formula is C22H28FIN4O. The van der Waals surface area contributed by atoms with Crippen LogP contribution in [0.5, 0.6) is 5.75 Å². The van der Waals surface area contributed by atoms with Crippen LogP contribution in [0.4, 0.5) is 4.39 Å². The Kier molecular flexibility index (Phi) is 11.1. The van der Waals surface area contributed by atoms with Gasteiger partial charge in [-0.05, 0) is 55.2 Å². The quantitative estimate of drug-likeness (QED) is 0.310. The molecule has 0 radical (unpaired) electrons. The summed E-state index contributed by atoms with van der Waals surface area (Å²) in [6.07, 6.45) is 0.926. The number of hydrogen-bond acceptors (Lipinski definition) is 3. The minimum Gasteiger partial charge on any atom is -0.497 e. The van der Waals surface area contributed by atoms with E-state index in [9.17, 15) is 4.39 Å². The molecule has 0 heterocycles. The number of nitrogens with one attached hydrogen (secondary N) is 2. The Balaban J connectivity index is 0.00000420. The van der Waals surface area contributed by atoms with Gasteiger partial charge >= 0.3 is 0 Å². The number of nitriles is 1. The number of rotatable bonds is 8. The molecule has 1 unspecified atom stereocenters. The van der Waals surface area contributed by atoms with Crippen molar-refractivity contribution in [3.63, 3.8) is 0 Å². The van der Waals surface area contributed by atoms with Gasteiger partial charge in [-0.2, -0.15) is 5.26 Å². The standard InChI is InChI=1S/C22H27FN4O.HI/c1-4-25-22(27-15-19-13-17(14-24)5-10-21(19)23)26-12-11-16(2)18-6-8-20(28-3)9-7-18;/h5-10,13,16H,4,11-12,15H2,1-3H3,(H2,25,26,27);1H. The lowest BCUT2D eigenvalue weighted by Gasteiger charge is -2.15. The van der Waals surface area contributed by atoms with Crippen LogP contribution in [0.1, 0.15) is 42.9 Å². The van der Waals surface area contributed by atoms with Crippen LogP contribution in [0.2, 0.25) is 0 Å². The van der Waals surface area contributed by atoms with E-state index >= 15 is 0 Å². The SMILES string of the molecule is CCNC(=NCc1cc(C#N)ccc1F)NCCC(C)c1ccc(OC)cc1.I. The van der Waals surface area contributed by atoms with Crippen LogP contribution >= 0.6 is 24.0 Å². The second-order valence-electron chi connectivity index (χ2n) is 6.50. The Labute approximate surface area is 189 Å². The third kappa shape index (κ3) is 7.89. The fourth-order valence-corrected chi connectivity index (χ4v) is 2.78. The van der Waals surface area contributed by atoms with Crippen LogP contribution in [0.15, 0.2) is 47.5 Å². The van der Waals surface area contributed by atoms with E-state index in [1.54, 1.807) is 7.11 Å². The Morgan fingerprint density at radius 3 is 2.55 bits per heavy atom. The first-order valence-corrected chi connectivity index (χ1v) is 9.42. The number of aliphatic imine (C=N–C) groups is 1. The van der Waals surface area contributed by atoms with Gasteiger partial charge in [-0.1, -0.05) is 19.1 Å². The van der Waals surface area contributed by atoms with Crippen molar-refractivity contribution in [3.05, 3.63) is 65.0 Å². The van der Waals surface area contributed by atoms with Crippen molar-refractivity contribution in [3.8, 4) is 11.8 Å². The first-order valence-electron chi connectivity index (χ1n) is 9.42. The fourth-order valence-electron chi connectivity index (χ4n) is 2.78. The van der Waals surface area contributed by atoms with Crippen molar-refractivity contribution in [1.82, 2.24) is 10.6 Å². The predicted molar refractivity (Wildman–Crippen MR) is 125 cm³/mol. The predicted octanol–water partition coefficient (Wildman–Crippen LogP) is 4.57. The van der Waals surface area contributed by atoms with Gasteiger partial charge in [0.05, 0.1) is 25.3 Å². The van der Waals surface area contributed by atoms with E-state index in [0.717, 1.165) is 18.7 Å². The average molecular weight is 510 g/mol. The molecule has 0 bridgehead atoms. The molecule has 0 aliphatic carbocycles. The third-order valence-corrected chi connectivity index (χ3v) is 4.48. The zero-order chi connectivity index (χ0) is 20.4. The molecule has 0 spiro atoms. The van der Waals surface area contributed by atoms with Crippen LogP contribution in [0.25, 0.3) is 0 Å². The van der Waals surface area contributed by atoms with E-state index in [2.05, 4.69) is 34.7 Å². The summed E-state index contributed by atoms with van der Waals surface area (Å²) in [6.45, 7) is 5.77. The molecule has 2 N–H and O–H groups in total. The van der Waals surface area contributed by atoms with Gasteiger partial charge in [-0.25, -0.2) is 9.38 Å². The smallest absolute Gasteiger partial charge is 0.191 e. The maximum absolute atomic E-state index is 13.9. The molecule has 2 rings (SSSR count). The van der Waals surface area contributed by atoms with E-state index in [-0.39, 0.29) is 36.3 Å². The highest BCUT2D eigenvalue weighted by molar-refractivity contribution is 14.0. The molecule has 7 heteroatoms. The third-order valence-electron chi connectivity index (χ3n) is 4.48. The monoisotopic (exact) mass is 510 g/mol. The summed E-state index contributed by atoms with van der Waals surface area (Å²) in [5.41, 5.74) is 2.08. The van der Waals surface area contributed by atoms with Gasteiger partial charge in [0.2, 0.25) is 0 Å². The first kappa shape index (κ1) is 24.7. The summed E-state index contributed by atoms with van der Waals surface area (Å²) in [4.78, 5) is 4.44. The molecular weight excluding hydrogens is 482 g/mol. The summed E-state index contributed by atoms with van der Waals surface area (Å²) in [7, 11) is 1.66. The van der Waals surface area contributed by atoms with Gasteiger partial charge in [-0.15, -0.1) is 24.0 Å². The van der Waals surface area contributed by atoms with Crippen LogP contribution in [0, 0.1) is 17.1 Å². The van der Waals surface area contributed by atoms with Gasteiger partial charge in [0.15, 0.2) is 5.96 Å². The van der Waals surface area contributed by atoms with Crippen LogP contribution in [-0.2, 0) is 6.54 Å². The number of guanidine groups is 1. The second-order valence-corrected chi connectivity index (χ2v) is 6.50. The van der Waals surface area contributed by atoms with Crippen molar-refractivity contribution >= 4 is 29.9 Å². The van der Waals surface area contributed by atoms with E-state index < -0.39 is 0 Å². The van der Waals surface area contributed by atoms with Gasteiger partial charge < -0.3 is 15.4 Å². The van der Waals surface area contributed by atoms with Gasteiger partial charge in [-0.3, -0.25) is 0 Å². The number of ether oxygens (including phenoxy) is 1. The van der Waals surface area contributed by atoms with E-state index in [0.29, 0.717) is 29.5 Å². The minimum atomic E-state index is -0.355. The number of hydrogen-bond donors (Lipinski definition) is 2. The zero-order valence-corrected chi connectivity index (χ0v) is 19.4. The van der Waals surface area contributed by atoms with Gasteiger partial charge in [0, 0.05) is 18.7 Å². The Bertz CT molecular complexity index is 834. The average Bonchev–Trinajstić information content (AvgIpc) is 2.73. The van der Waals surface area contributed by atoms with Crippen LogP contribution in [-0.4, -0.2) is 26.2 Å². The highest BCUT2D eigenvalue weighted by Crippen LogP contribution is 2.21. The van der Waals surface area contributed by atoms with Crippen molar-refractivity contribution in [2.24, 2.45) is 4.99 Å². The lowest BCUT2D eigenvalue weighted by atomic mass is 9.98. The topological polar surface area (TPSA) is 69.4 Å². The maximum Gasteiger partial charge on any atom is 0.191 e. The number of halogens is 2. The molecule has 0 aliphatic rings. The van der Waals surface area contributed by atoms with Crippen molar-refractivity contribution < 1.29 is 9.13 Å². The molecule has 0 aromatic heterocycles. The number of nitrogens with zero attached hydrogens (tertiary/aromatic N) is 2. The Hall–Kier alpha value is -2.34. The molecule has 1 atom stereocenters. The lowest BCUT2D eigenvalue weighted by Crippen LogP contribution is -2.38. The van der Waals surface area contributed by atoms with Crippen LogP contribution < -0.4 is 15.4 Å². The second kappa shape index (κ2) is 13.0. The summed E-state index contributed by atoms with van der Waals surface area (Å²) >= 11 is 0. The van der Waals surface area contributed by atoms with Crippen molar-refractivity contribution in [2.75, 3.05) is 20.2 Å². The molecule has 0 amide bonds. The summed E-state index contributed by atoms with van der Waals surface area (Å²) < 4.78 is 19.1. The molecule has 156 valence electrons. The Morgan fingerprint density at radius 1 is 1.21 bits per heavy atom. The summed E-state index contributed by atoms with van der Waals surface area (Å²) in [6, 6.07) is 14.4. The maximum atomic E-state index is 13.9.